The molecule has 7 nitrogen and oxygen atoms in total. The molecule has 0 aliphatic carbocycles. The minimum absolute atomic E-state index is 0.103. The Bertz CT molecular complexity index is 2000. The highest BCUT2D eigenvalue weighted by molar-refractivity contribution is 6.40. The maximum Gasteiger partial charge on any atom is 0.160 e. The van der Waals surface area contributed by atoms with E-state index in [0.29, 0.717) is 11.5 Å². The molecule has 7 heteroatoms. The van der Waals surface area contributed by atoms with Gasteiger partial charge in [-0.3, -0.25) is 15.0 Å². The number of pyridine rings is 2. The van der Waals surface area contributed by atoms with Crippen LogP contribution >= 0.6 is 0 Å². The number of hydrogen-bond donors (Lipinski definition) is 1. The Morgan fingerprint density at radius 2 is 1.90 bits per heavy atom. The molecule has 0 saturated heterocycles. The highest BCUT2D eigenvalue weighted by atomic mass is 15.0. The molecule has 0 fully saturated rings. The normalized spacial score (nSPS) is 18.0. The van der Waals surface area contributed by atoms with Crippen LogP contribution in [0.3, 0.4) is 0 Å². The summed E-state index contributed by atoms with van der Waals surface area (Å²) < 4.78 is 0. The first kappa shape index (κ1) is 24.5. The molecule has 196 valence electrons. The summed E-state index contributed by atoms with van der Waals surface area (Å²) in [6, 6.07) is 18.3. The number of allylic oxidation sites excluding steroid dienone is 3. The number of nitrogens with one attached hydrogen (secondary N) is 1. The monoisotopic (exact) mass is 531 g/mol. The molecule has 0 saturated carbocycles. The molecule has 2 aliphatic rings. The van der Waals surface area contributed by atoms with Crippen molar-refractivity contribution in [2.75, 3.05) is 5.32 Å². The zero-order valence-electron chi connectivity index (χ0n) is 22.4. The Hall–Kier alpha value is -5.56. The van der Waals surface area contributed by atoms with E-state index in [1.807, 2.05) is 61.8 Å². The second-order valence-electron chi connectivity index (χ2n) is 9.77. The van der Waals surface area contributed by atoms with Gasteiger partial charge in [-0.1, -0.05) is 55.1 Å². The lowest BCUT2D eigenvalue weighted by Crippen LogP contribution is -2.16. The van der Waals surface area contributed by atoms with Crippen molar-refractivity contribution in [3.05, 3.63) is 138 Å². The number of aliphatic imine (C=N–C) groups is 2. The van der Waals surface area contributed by atoms with Crippen molar-refractivity contribution in [2.24, 2.45) is 9.98 Å². The van der Waals surface area contributed by atoms with Crippen molar-refractivity contribution in [1.82, 2.24) is 19.9 Å². The van der Waals surface area contributed by atoms with Gasteiger partial charge in [-0.05, 0) is 42.3 Å². The van der Waals surface area contributed by atoms with Crippen LogP contribution in [0.1, 0.15) is 35.5 Å². The molecule has 1 N–H and O–H groups in total. The van der Waals surface area contributed by atoms with Crippen LogP contribution in [0.25, 0.3) is 33.1 Å². The molecule has 0 radical (unpaired) electrons. The lowest BCUT2D eigenvalue weighted by atomic mass is 9.90. The second kappa shape index (κ2) is 10.2. The van der Waals surface area contributed by atoms with E-state index in [-0.39, 0.29) is 6.04 Å². The molecule has 0 bridgehead atoms. The van der Waals surface area contributed by atoms with Crippen LogP contribution in [0.5, 0.6) is 0 Å². The van der Waals surface area contributed by atoms with E-state index in [4.69, 9.17) is 19.9 Å². The first-order valence-corrected chi connectivity index (χ1v) is 13.4. The molecule has 41 heavy (non-hydrogen) atoms. The topological polar surface area (TPSA) is 88.3 Å². The van der Waals surface area contributed by atoms with Gasteiger partial charge in [0.2, 0.25) is 0 Å². The number of anilines is 1. The van der Waals surface area contributed by atoms with Crippen LogP contribution in [0.2, 0.25) is 0 Å². The molecule has 5 aromatic rings. The van der Waals surface area contributed by atoms with Gasteiger partial charge in [0.05, 0.1) is 46.6 Å². The van der Waals surface area contributed by atoms with E-state index < -0.39 is 0 Å². The highest BCUT2D eigenvalue weighted by Gasteiger charge is 2.26. The zero-order chi connectivity index (χ0) is 27.8. The first-order chi connectivity index (χ1) is 20.2. The largest absolute Gasteiger partial charge is 0.372 e. The van der Waals surface area contributed by atoms with E-state index in [2.05, 4.69) is 52.2 Å². The molecule has 1 unspecified atom stereocenters. The fourth-order valence-corrected chi connectivity index (χ4v) is 5.27. The van der Waals surface area contributed by atoms with Crippen LogP contribution in [0, 0.1) is 0 Å². The molecule has 1 atom stereocenters. The number of benzene rings is 2. The molecule has 2 aromatic carbocycles. The van der Waals surface area contributed by atoms with E-state index in [1.165, 1.54) is 0 Å². The van der Waals surface area contributed by atoms with Crippen molar-refractivity contribution in [2.45, 2.75) is 13.0 Å². The lowest BCUT2D eigenvalue weighted by molar-refractivity contribution is 0.968. The average Bonchev–Trinajstić information content (AvgIpc) is 3.04. The summed E-state index contributed by atoms with van der Waals surface area (Å²) >= 11 is 0. The molecule has 3 aromatic heterocycles. The highest BCUT2D eigenvalue weighted by Crippen LogP contribution is 2.42. The number of aromatic nitrogens is 4. The third-order valence-electron chi connectivity index (χ3n) is 7.33. The molecule has 2 aliphatic heterocycles. The number of nitrogens with zero attached hydrogens (tertiary/aromatic N) is 6. The number of fused-ring (bicyclic) bond motifs is 4. The molecule has 0 spiro atoms. The third-order valence-corrected chi connectivity index (χ3v) is 7.33. The smallest absolute Gasteiger partial charge is 0.160 e. The summed E-state index contributed by atoms with van der Waals surface area (Å²) in [5, 5.41) is 5.65. The van der Waals surface area contributed by atoms with Crippen LogP contribution in [0.4, 0.5) is 5.69 Å². The second-order valence-corrected chi connectivity index (χ2v) is 9.77. The predicted octanol–water partition coefficient (Wildman–Crippen LogP) is 7.13. The SMILES string of the molecule is C=C(N=C1C=NC=C/C1=C/C)c1ccnc2c3c(ccc12)C(c1ncc2ccncc2n1)=CC(c1ccccc1)N3. The molecular formula is C34H25N7. The zero-order valence-corrected chi connectivity index (χ0v) is 22.4. The van der Waals surface area contributed by atoms with Crippen LogP contribution in [-0.2, 0) is 0 Å². The van der Waals surface area contributed by atoms with Crippen molar-refractivity contribution in [3.8, 4) is 0 Å². The third kappa shape index (κ3) is 4.43. The van der Waals surface area contributed by atoms with Gasteiger partial charge < -0.3 is 5.32 Å². The maximum atomic E-state index is 4.89. The standard InChI is InChI=1S/C34H25N7/c1-3-22-11-14-35-19-30(22)39-21(2)25-13-16-37-32-26(25)9-10-27-28(34-38-18-24-12-15-36-20-31(24)41-34)17-29(40-33(27)32)23-7-5-4-6-8-23/h3-20,29,40H,2H2,1H3/b22-3-,39-30?. The van der Waals surface area contributed by atoms with Gasteiger partial charge in [-0.2, -0.15) is 0 Å². The Kier molecular flexibility index (Phi) is 6.09. The van der Waals surface area contributed by atoms with E-state index in [1.54, 1.807) is 24.8 Å². The van der Waals surface area contributed by atoms with E-state index in [0.717, 1.165) is 61.0 Å². The fourth-order valence-electron chi connectivity index (χ4n) is 5.27. The van der Waals surface area contributed by atoms with Gasteiger partial charge >= 0.3 is 0 Å². The van der Waals surface area contributed by atoms with Crippen LogP contribution in [0.15, 0.2) is 126 Å². The van der Waals surface area contributed by atoms with Gasteiger partial charge in [-0.25, -0.2) is 15.0 Å². The number of hydrogen-bond acceptors (Lipinski definition) is 7. The lowest BCUT2D eigenvalue weighted by Gasteiger charge is -2.27. The summed E-state index contributed by atoms with van der Waals surface area (Å²) in [5.74, 6) is 0.643. The fraction of sp³-hybridized carbons (Fsp3) is 0.0588. The van der Waals surface area contributed by atoms with Gasteiger partial charge in [-0.15, -0.1) is 0 Å². The van der Waals surface area contributed by atoms with Crippen molar-refractivity contribution < 1.29 is 0 Å². The van der Waals surface area contributed by atoms with Crippen molar-refractivity contribution in [3.63, 3.8) is 0 Å². The minimum Gasteiger partial charge on any atom is -0.372 e. The molecule has 5 heterocycles. The summed E-state index contributed by atoms with van der Waals surface area (Å²) in [6.07, 6.45) is 16.8. The number of rotatable bonds is 4. The first-order valence-electron chi connectivity index (χ1n) is 13.4. The van der Waals surface area contributed by atoms with E-state index >= 15 is 0 Å². The van der Waals surface area contributed by atoms with Crippen molar-refractivity contribution in [1.29, 1.82) is 0 Å². The minimum atomic E-state index is -0.103. The summed E-state index contributed by atoms with van der Waals surface area (Å²) in [7, 11) is 0. The molecular weight excluding hydrogens is 506 g/mol. The predicted molar refractivity (Wildman–Crippen MR) is 167 cm³/mol. The Labute approximate surface area is 237 Å². The Balaban J connectivity index is 1.39. The van der Waals surface area contributed by atoms with E-state index in [9.17, 15) is 0 Å². The average molecular weight is 532 g/mol. The van der Waals surface area contributed by atoms with Crippen molar-refractivity contribution >= 4 is 50.7 Å². The summed E-state index contributed by atoms with van der Waals surface area (Å²) in [4.78, 5) is 27.8. The molecule has 7 rings (SSSR count). The van der Waals surface area contributed by atoms with Crippen LogP contribution in [-0.4, -0.2) is 31.9 Å². The summed E-state index contributed by atoms with van der Waals surface area (Å²) in [5.41, 5.74) is 8.93. The quantitative estimate of drug-likeness (QED) is 0.267. The Morgan fingerprint density at radius 3 is 2.78 bits per heavy atom. The Morgan fingerprint density at radius 1 is 1.00 bits per heavy atom. The van der Waals surface area contributed by atoms with Gasteiger partial charge in [0.15, 0.2) is 5.82 Å². The maximum absolute atomic E-state index is 4.89. The molecule has 0 amide bonds. The summed E-state index contributed by atoms with van der Waals surface area (Å²) in [6.45, 7) is 6.31. The van der Waals surface area contributed by atoms with Gasteiger partial charge in [0.1, 0.15) is 0 Å². The van der Waals surface area contributed by atoms with Gasteiger partial charge in [0.25, 0.3) is 0 Å². The van der Waals surface area contributed by atoms with Crippen LogP contribution < -0.4 is 5.32 Å². The van der Waals surface area contributed by atoms with Gasteiger partial charge in [0, 0.05) is 52.3 Å².